The van der Waals surface area contributed by atoms with Crippen LogP contribution in [0.15, 0.2) is 6.20 Å². The van der Waals surface area contributed by atoms with Crippen molar-refractivity contribution in [3.05, 3.63) is 11.9 Å². The minimum absolute atomic E-state index is 0.480. The lowest BCUT2D eigenvalue weighted by atomic mass is 10.1. The van der Waals surface area contributed by atoms with E-state index in [-0.39, 0.29) is 0 Å². The number of aryl methyl sites for hydroxylation is 1. The maximum Gasteiger partial charge on any atom is 0.162 e. The van der Waals surface area contributed by atoms with Crippen LogP contribution < -0.4 is 4.74 Å². The van der Waals surface area contributed by atoms with E-state index in [2.05, 4.69) is 18.3 Å². The molecule has 4 nitrogen and oxygen atoms in total. The third kappa shape index (κ3) is 3.92. The Bertz CT molecular complexity index is 328. The SMILES string of the molecule is CCCn1ncc(OC)c1C(O)CCCSC. The Morgan fingerprint density at radius 2 is 2.35 bits per heavy atom. The van der Waals surface area contributed by atoms with Crippen LogP contribution in [0, 0.1) is 0 Å². The molecule has 0 spiro atoms. The molecule has 0 bridgehead atoms. The Labute approximate surface area is 107 Å². The minimum Gasteiger partial charge on any atom is -0.493 e. The lowest BCUT2D eigenvalue weighted by Gasteiger charge is -2.14. The van der Waals surface area contributed by atoms with Gasteiger partial charge in [-0.1, -0.05) is 6.92 Å². The molecule has 1 atom stereocenters. The number of hydrogen-bond acceptors (Lipinski definition) is 4. The zero-order valence-corrected chi connectivity index (χ0v) is 11.7. The lowest BCUT2D eigenvalue weighted by Crippen LogP contribution is -2.10. The average Bonchev–Trinajstić information content (AvgIpc) is 2.73. The van der Waals surface area contributed by atoms with Crippen molar-refractivity contribution in [2.75, 3.05) is 19.1 Å². The third-order valence-electron chi connectivity index (χ3n) is 2.64. The standard InChI is InChI=1S/C12H22N2O2S/c1-4-7-14-12(11(16-2)9-13-14)10(15)6-5-8-17-3/h9-10,15H,4-8H2,1-3H3. The number of aromatic nitrogens is 2. The highest BCUT2D eigenvalue weighted by Crippen LogP contribution is 2.28. The summed E-state index contributed by atoms with van der Waals surface area (Å²) >= 11 is 1.80. The Hall–Kier alpha value is -0.680. The van der Waals surface area contributed by atoms with Gasteiger partial charge in [0, 0.05) is 6.54 Å². The summed E-state index contributed by atoms with van der Waals surface area (Å²) < 4.78 is 7.10. The largest absolute Gasteiger partial charge is 0.493 e. The van der Waals surface area contributed by atoms with E-state index in [9.17, 15) is 5.11 Å². The molecule has 17 heavy (non-hydrogen) atoms. The summed E-state index contributed by atoms with van der Waals surface area (Å²) in [5, 5.41) is 14.5. The van der Waals surface area contributed by atoms with Gasteiger partial charge in [0.25, 0.3) is 0 Å². The predicted octanol–water partition coefficient (Wildman–Crippen LogP) is 2.48. The van der Waals surface area contributed by atoms with Crippen LogP contribution in [0.25, 0.3) is 0 Å². The first kappa shape index (κ1) is 14.4. The van der Waals surface area contributed by atoms with Crippen LogP contribution in [0.1, 0.15) is 38.0 Å². The fourth-order valence-corrected chi connectivity index (χ4v) is 2.27. The van der Waals surface area contributed by atoms with Crippen molar-refractivity contribution in [3.63, 3.8) is 0 Å². The molecule has 1 heterocycles. The third-order valence-corrected chi connectivity index (χ3v) is 3.34. The molecule has 98 valence electrons. The van der Waals surface area contributed by atoms with Crippen molar-refractivity contribution in [1.29, 1.82) is 0 Å². The van der Waals surface area contributed by atoms with Crippen molar-refractivity contribution in [2.45, 2.75) is 38.8 Å². The molecule has 0 radical (unpaired) electrons. The molecule has 0 fully saturated rings. The fraction of sp³-hybridized carbons (Fsp3) is 0.750. The first-order valence-electron chi connectivity index (χ1n) is 6.01. The quantitative estimate of drug-likeness (QED) is 0.728. The molecule has 0 aliphatic rings. The maximum absolute atomic E-state index is 10.2. The monoisotopic (exact) mass is 258 g/mol. The average molecular weight is 258 g/mol. The number of thioether (sulfide) groups is 1. The Morgan fingerprint density at radius 1 is 1.59 bits per heavy atom. The molecule has 0 saturated heterocycles. The van der Waals surface area contributed by atoms with Crippen molar-refractivity contribution in [3.8, 4) is 5.75 Å². The van der Waals surface area contributed by atoms with E-state index in [1.807, 2.05) is 4.68 Å². The summed E-state index contributed by atoms with van der Waals surface area (Å²) in [5.41, 5.74) is 0.815. The van der Waals surface area contributed by atoms with Crippen LogP contribution in [-0.4, -0.2) is 34.0 Å². The fourth-order valence-electron chi connectivity index (χ4n) is 1.82. The van der Waals surface area contributed by atoms with Gasteiger partial charge >= 0.3 is 0 Å². The first-order valence-corrected chi connectivity index (χ1v) is 7.40. The van der Waals surface area contributed by atoms with Gasteiger partial charge in [-0.05, 0) is 31.3 Å². The second-order valence-corrected chi connectivity index (χ2v) is 4.96. The van der Waals surface area contributed by atoms with E-state index >= 15 is 0 Å². The number of ether oxygens (including phenoxy) is 1. The molecule has 0 aromatic carbocycles. The number of nitrogens with zero attached hydrogens (tertiary/aromatic N) is 2. The highest BCUT2D eigenvalue weighted by atomic mass is 32.2. The molecular formula is C12H22N2O2S. The van der Waals surface area contributed by atoms with Gasteiger partial charge < -0.3 is 9.84 Å². The van der Waals surface area contributed by atoms with Crippen LogP contribution in [0.3, 0.4) is 0 Å². The first-order chi connectivity index (χ1) is 8.24. The van der Waals surface area contributed by atoms with Crippen LogP contribution >= 0.6 is 11.8 Å². The summed E-state index contributed by atoms with van der Waals surface area (Å²) in [4.78, 5) is 0. The number of aliphatic hydroxyl groups excluding tert-OH is 1. The molecule has 1 rings (SSSR count). The van der Waals surface area contributed by atoms with Crippen LogP contribution in [-0.2, 0) is 6.54 Å². The summed E-state index contributed by atoms with van der Waals surface area (Å²) in [5.74, 6) is 1.76. The minimum atomic E-state index is -0.480. The summed E-state index contributed by atoms with van der Waals surface area (Å²) in [7, 11) is 1.62. The second-order valence-electron chi connectivity index (χ2n) is 3.97. The van der Waals surface area contributed by atoms with E-state index in [1.165, 1.54) is 0 Å². The Kier molecular flexibility index (Phi) is 6.44. The number of methoxy groups -OCH3 is 1. The molecule has 1 N–H and O–H groups in total. The van der Waals surface area contributed by atoms with Crippen molar-refractivity contribution < 1.29 is 9.84 Å². The van der Waals surface area contributed by atoms with E-state index in [0.29, 0.717) is 5.75 Å². The zero-order chi connectivity index (χ0) is 12.7. The number of aliphatic hydroxyl groups is 1. The molecule has 0 aliphatic carbocycles. The number of hydrogen-bond donors (Lipinski definition) is 1. The molecule has 1 aromatic heterocycles. The molecule has 1 unspecified atom stereocenters. The smallest absolute Gasteiger partial charge is 0.162 e. The normalized spacial score (nSPS) is 12.7. The van der Waals surface area contributed by atoms with Gasteiger partial charge in [0.15, 0.2) is 5.75 Å². The van der Waals surface area contributed by atoms with Gasteiger partial charge in [-0.3, -0.25) is 4.68 Å². The second kappa shape index (κ2) is 7.61. The van der Waals surface area contributed by atoms with E-state index in [4.69, 9.17) is 4.74 Å². The van der Waals surface area contributed by atoms with Gasteiger partial charge in [-0.25, -0.2) is 0 Å². The van der Waals surface area contributed by atoms with E-state index in [0.717, 1.165) is 37.3 Å². The van der Waals surface area contributed by atoms with E-state index < -0.39 is 6.10 Å². The van der Waals surface area contributed by atoms with Gasteiger partial charge in [-0.2, -0.15) is 16.9 Å². The Balaban J connectivity index is 2.73. The van der Waals surface area contributed by atoms with Crippen molar-refractivity contribution >= 4 is 11.8 Å². The van der Waals surface area contributed by atoms with E-state index in [1.54, 1.807) is 25.1 Å². The van der Waals surface area contributed by atoms with Crippen molar-refractivity contribution in [2.24, 2.45) is 0 Å². The maximum atomic E-state index is 10.2. The van der Waals surface area contributed by atoms with Gasteiger partial charge in [-0.15, -0.1) is 0 Å². The molecule has 1 aromatic rings. The Morgan fingerprint density at radius 3 is 2.94 bits per heavy atom. The van der Waals surface area contributed by atoms with Gasteiger partial charge in [0.2, 0.25) is 0 Å². The molecule has 0 amide bonds. The van der Waals surface area contributed by atoms with Crippen LogP contribution in [0.2, 0.25) is 0 Å². The van der Waals surface area contributed by atoms with Crippen LogP contribution in [0.4, 0.5) is 0 Å². The lowest BCUT2D eigenvalue weighted by molar-refractivity contribution is 0.151. The van der Waals surface area contributed by atoms with Crippen LogP contribution in [0.5, 0.6) is 5.75 Å². The topological polar surface area (TPSA) is 47.3 Å². The molecule has 0 aliphatic heterocycles. The molecule has 0 saturated carbocycles. The highest BCUT2D eigenvalue weighted by Gasteiger charge is 2.19. The molecule has 5 heteroatoms. The summed E-state index contributed by atoms with van der Waals surface area (Å²) in [6.45, 7) is 2.91. The highest BCUT2D eigenvalue weighted by molar-refractivity contribution is 7.98. The predicted molar refractivity (Wildman–Crippen MR) is 71.6 cm³/mol. The summed E-state index contributed by atoms with van der Waals surface area (Å²) in [6.07, 6.45) is 6.04. The summed E-state index contributed by atoms with van der Waals surface area (Å²) in [6, 6.07) is 0. The van der Waals surface area contributed by atoms with Gasteiger partial charge in [0.05, 0.1) is 19.4 Å². The number of rotatable bonds is 8. The van der Waals surface area contributed by atoms with Crippen molar-refractivity contribution in [1.82, 2.24) is 9.78 Å². The molecular weight excluding hydrogens is 236 g/mol. The van der Waals surface area contributed by atoms with Gasteiger partial charge in [0.1, 0.15) is 5.69 Å². The zero-order valence-electron chi connectivity index (χ0n) is 10.8.